The monoisotopic (exact) mass is 425 g/mol. The third-order valence-electron chi connectivity index (χ3n) is 5.53. The second-order valence-corrected chi connectivity index (χ2v) is 7.72. The lowest BCUT2D eigenvalue weighted by Crippen LogP contribution is -2.30. The lowest BCUT2D eigenvalue weighted by Gasteiger charge is -2.11. The van der Waals surface area contributed by atoms with Crippen LogP contribution in [0.4, 0.5) is 9.18 Å². The molecule has 3 amide bonds. The number of hydrogen-bond acceptors (Lipinski definition) is 2. The van der Waals surface area contributed by atoms with E-state index in [2.05, 4.69) is 9.88 Å². The molecule has 0 bridgehead atoms. The highest BCUT2D eigenvalue weighted by atomic mass is 19.1. The summed E-state index contributed by atoms with van der Waals surface area (Å²) in [6.07, 6.45) is 3.66. The van der Waals surface area contributed by atoms with Crippen molar-refractivity contribution >= 4 is 28.9 Å². The Balaban J connectivity index is 1.46. The van der Waals surface area contributed by atoms with Crippen LogP contribution in [0, 0.1) is 5.82 Å². The summed E-state index contributed by atoms with van der Waals surface area (Å²) in [4.78, 5) is 26.6. The SMILES string of the molecule is O=C1N/C(=C\c2cn(Cc3ccc(F)cc3)c3ccccc23)C(=O)N1Cc1ccccc1. The summed E-state index contributed by atoms with van der Waals surface area (Å²) < 4.78 is 15.3. The van der Waals surface area contributed by atoms with E-state index in [1.807, 2.05) is 60.8 Å². The van der Waals surface area contributed by atoms with Gasteiger partial charge in [0.2, 0.25) is 0 Å². The summed E-state index contributed by atoms with van der Waals surface area (Å²) in [5.41, 5.74) is 3.91. The fourth-order valence-corrected chi connectivity index (χ4v) is 3.94. The maximum atomic E-state index is 13.3. The maximum Gasteiger partial charge on any atom is 0.329 e. The van der Waals surface area contributed by atoms with Gasteiger partial charge in [-0.25, -0.2) is 9.18 Å². The molecule has 158 valence electrons. The minimum Gasteiger partial charge on any atom is -0.342 e. The number of carbonyl (C=O) groups excluding carboxylic acids is 2. The predicted octanol–water partition coefficient (Wildman–Crippen LogP) is 4.92. The molecule has 1 saturated heterocycles. The Kier molecular flexibility index (Phi) is 5.03. The maximum absolute atomic E-state index is 13.3. The van der Waals surface area contributed by atoms with Crippen LogP contribution in [0.5, 0.6) is 0 Å². The molecular weight excluding hydrogens is 405 g/mol. The standard InChI is InChI=1S/C26H20FN3O2/c27-21-12-10-19(11-13-21)15-29-17-20(22-8-4-5-9-24(22)29)14-23-25(31)30(26(32)28-23)16-18-6-2-1-3-7-18/h1-14,17H,15-16H2,(H,28,32)/b23-14-. The molecule has 0 radical (unpaired) electrons. The Hall–Kier alpha value is -4.19. The number of halogens is 1. The molecule has 0 unspecified atom stereocenters. The first kappa shape index (κ1) is 19.8. The normalized spacial score (nSPS) is 15.0. The highest BCUT2D eigenvalue weighted by Crippen LogP contribution is 2.26. The van der Waals surface area contributed by atoms with E-state index in [1.54, 1.807) is 18.2 Å². The zero-order valence-electron chi connectivity index (χ0n) is 17.2. The quantitative estimate of drug-likeness (QED) is 0.364. The van der Waals surface area contributed by atoms with Crippen LogP contribution in [-0.4, -0.2) is 21.4 Å². The lowest BCUT2D eigenvalue weighted by atomic mass is 10.1. The van der Waals surface area contributed by atoms with Gasteiger partial charge in [0.1, 0.15) is 11.5 Å². The molecule has 1 fully saturated rings. The zero-order valence-corrected chi connectivity index (χ0v) is 17.2. The summed E-state index contributed by atoms with van der Waals surface area (Å²) in [7, 11) is 0. The number of urea groups is 1. The Bertz CT molecular complexity index is 1340. The van der Waals surface area contributed by atoms with Gasteiger partial charge in [0.15, 0.2) is 0 Å². The van der Waals surface area contributed by atoms with Gasteiger partial charge in [-0.2, -0.15) is 0 Å². The molecule has 1 aliphatic heterocycles. The van der Waals surface area contributed by atoms with Crippen LogP contribution in [0.2, 0.25) is 0 Å². The topological polar surface area (TPSA) is 54.3 Å². The third-order valence-corrected chi connectivity index (χ3v) is 5.53. The fourth-order valence-electron chi connectivity index (χ4n) is 3.94. The summed E-state index contributed by atoms with van der Waals surface area (Å²) in [5, 5.41) is 3.66. The van der Waals surface area contributed by atoms with Crippen molar-refractivity contribution in [3.8, 4) is 0 Å². The van der Waals surface area contributed by atoms with Gasteiger partial charge in [-0.05, 0) is 35.4 Å². The van der Waals surface area contributed by atoms with E-state index >= 15 is 0 Å². The number of nitrogens with one attached hydrogen (secondary N) is 1. The minimum absolute atomic E-state index is 0.217. The molecule has 2 heterocycles. The fraction of sp³-hybridized carbons (Fsp3) is 0.0769. The van der Waals surface area contributed by atoms with Crippen molar-refractivity contribution in [1.82, 2.24) is 14.8 Å². The van der Waals surface area contributed by atoms with Crippen LogP contribution in [-0.2, 0) is 17.9 Å². The largest absolute Gasteiger partial charge is 0.342 e. The predicted molar refractivity (Wildman–Crippen MR) is 121 cm³/mol. The Labute approximate surface area is 184 Å². The molecule has 32 heavy (non-hydrogen) atoms. The number of rotatable bonds is 5. The van der Waals surface area contributed by atoms with E-state index in [9.17, 15) is 14.0 Å². The summed E-state index contributed by atoms with van der Waals surface area (Å²) in [6.45, 7) is 0.777. The Morgan fingerprint density at radius 1 is 0.812 bits per heavy atom. The van der Waals surface area contributed by atoms with Crippen molar-refractivity contribution in [1.29, 1.82) is 0 Å². The van der Waals surface area contributed by atoms with Crippen LogP contribution >= 0.6 is 0 Å². The van der Waals surface area contributed by atoms with Crippen molar-refractivity contribution in [3.63, 3.8) is 0 Å². The number of fused-ring (bicyclic) bond motifs is 1. The molecule has 0 aliphatic carbocycles. The third kappa shape index (κ3) is 3.78. The molecule has 0 spiro atoms. The number of aromatic nitrogens is 1. The van der Waals surface area contributed by atoms with Crippen molar-refractivity contribution in [2.24, 2.45) is 0 Å². The smallest absolute Gasteiger partial charge is 0.329 e. The molecule has 1 aliphatic rings. The van der Waals surface area contributed by atoms with Gasteiger partial charge >= 0.3 is 6.03 Å². The Morgan fingerprint density at radius 2 is 1.50 bits per heavy atom. The van der Waals surface area contributed by atoms with E-state index in [0.717, 1.165) is 27.6 Å². The van der Waals surface area contributed by atoms with Gasteiger partial charge < -0.3 is 9.88 Å². The van der Waals surface area contributed by atoms with E-state index < -0.39 is 6.03 Å². The zero-order chi connectivity index (χ0) is 22.1. The summed E-state index contributed by atoms with van der Waals surface area (Å²) in [6, 6.07) is 23.2. The first-order valence-corrected chi connectivity index (χ1v) is 10.3. The average Bonchev–Trinajstić information content (AvgIpc) is 3.28. The van der Waals surface area contributed by atoms with Crippen molar-refractivity contribution < 1.29 is 14.0 Å². The summed E-state index contributed by atoms with van der Waals surface area (Å²) >= 11 is 0. The van der Waals surface area contributed by atoms with Crippen molar-refractivity contribution in [2.75, 3.05) is 0 Å². The highest BCUT2D eigenvalue weighted by molar-refractivity contribution is 6.14. The van der Waals surface area contributed by atoms with E-state index in [1.165, 1.54) is 17.0 Å². The van der Waals surface area contributed by atoms with Gasteiger partial charge in [-0.15, -0.1) is 0 Å². The number of amides is 3. The molecule has 5 nitrogen and oxygen atoms in total. The van der Waals surface area contributed by atoms with Gasteiger partial charge in [0, 0.05) is 29.2 Å². The number of carbonyl (C=O) groups is 2. The van der Waals surface area contributed by atoms with Gasteiger partial charge in [-0.3, -0.25) is 9.69 Å². The molecule has 1 aromatic heterocycles. The van der Waals surface area contributed by atoms with Gasteiger partial charge in [0.25, 0.3) is 5.91 Å². The molecule has 5 rings (SSSR count). The van der Waals surface area contributed by atoms with E-state index in [4.69, 9.17) is 0 Å². The van der Waals surface area contributed by atoms with Gasteiger partial charge in [0.05, 0.1) is 6.54 Å². The highest BCUT2D eigenvalue weighted by Gasteiger charge is 2.33. The Morgan fingerprint density at radius 3 is 2.28 bits per heavy atom. The molecule has 6 heteroatoms. The molecule has 3 aromatic carbocycles. The van der Waals surface area contributed by atoms with Crippen LogP contribution in [0.1, 0.15) is 16.7 Å². The van der Waals surface area contributed by atoms with Crippen LogP contribution < -0.4 is 5.32 Å². The molecule has 1 N–H and O–H groups in total. The minimum atomic E-state index is -0.430. The lowest BCUT2D eigenvalue weighted by molar-refractivity contribution is -0.123. The first-order valence-electron chi connectivity index (χ1n) is 10.3. The number of benzene rings is 3. The van der Waals surface area contributed by atoms with E-state index in [0.29, 0.717) is 6.54 Å². The van der Waals surface area contributed by atoms with Gasteiger partial charge in [-0.1, -0.05) is 60.7 Å². The first-order chi connectivity index (χ1) is 15.6. The number of nitrogens with zero attached hydrogens (tertiary/aromatic N) is 2. The van der Waals surface area contributed by atoms with Crippen LogP contribution in [0.15, 0.2) is 90.8 Å². The van der Waals surface area contributed by atoms with E-state index in [-0.39, 0.29) is 24.0 Å². The van der Waals surface area contributed by atoms with Crippen molar-refractivity contribution in [3.05, 3.63) is 113 Å². The molecule has 0 saturated carbocycles. The second-order valence-electron chi connectivity index (χ2n) is 7.72. The summed E-state index contributed by atoms with van der Waals surface area (Å²) in [5.74, 6) is -0.624. The van der Waals surface area contributed by atoms with Crippen LogP contribution in [0.3, 0.4) is 0 Å². The number of hydrogen-bond donors (Lipinski definition) is 1. The number of para-hydroxylation sites is 1. The van der Waals surface area contributed by atoms with Crippen LogP contribution in [0.25, 0.3) is 17.0 Å². The van der Waals surface area contributed by atoms with Crippen molar-refractivity contribution in [2.45, 2.75) is 13.1 Å². The number of imide groups is 1. The molecular formula is C26H20FN3O2. The molecule has 4 aromatic rings. The second kappa shape index (κ2) is 8.15. The molecule has 0 atom stereocenters. The average molecular weight is 425 g/mol.